The largest absolute Gasteiger partial charge is 0.352 e. The van der Waals surface area contributed by atoms with Crippen LogP contribution in [-0.4, -0.2) is 35.0 Å². The second-order valence-corrected chi connectivity index (χ2v) is 6.77. The number of aromatic nitrogens is 2. The molecule has 1 aromatic carbocycles. The van der Waals surface area contributed by atoms with Crippen LogP contribution in [-0.2, 0) is 10.3 Å². The van der Waals surface area contributed by atoms with Crippen molar-refractivity contribution in [2.24, 2.45) is 0 Å². The molecule has 1 aliphatic carbocycles. The van der Waals surface area contributed by atoms with Gasteiger partial charge < -0.3 is 15.2 Å². The van der Waals surface area contributed by atoms with Gasteiger partial charge in [0.1, 0.15) is 0 Å². The Labute approximate surface area is 158 Å². The number of carbonyl (C=O) groups is 2. The molecule has 0 unspecified atom stereocenters. The first-order valence-electron chi connectivity index (χ1n) is 9.26. The highest BCUT2D eigenvalue weighted by molar-refractivity contribution is 5.97. The van der Waals surface area contributed by atoms with Crippen molar-refractivity contribution >= 4 is 17.5 Å². The van der Waals surface area contributed by atoms with E-state index in [-0.39, 0.29) is 18.4 Å². The molecule has 0 spiro atoms. The first kappa shape index (κ1) is 19.0. The van der Waals surface area contributed by atoms with Gasteiger partial charge in [-0.15, -0.1) is 0 Å². The fourth-order valence-corrected chi connectivity index (χ4v) is 3.41. The van der Waals surface area contributed by atoms with Crippen molar-refractivity contribution in [2.45, 2.75) is 45.1 Å². The van der Waals surface area contributed by atoms with Gasteiger partial charge >= 0.3 is 0 Å². The molecule has 144 valence electrons. The summed E-state index contributed by atoms with van der Waals surface area (Å²) in [5, 5.41) is 13.0. The minimum atomic E-state index is -0.419. The van der Waals surface area contributed by atoms with Crippen molar-refractivity contribution in [2.75, 3.05) is 18.4 Å². The minimum Gasteiger partial charge on any atom is -0.352 e. The Morgan fingerprint density at radius 3 is 2.70 bits per heavy atom. The molecule has 0 bridgehead atoms. The lowest BCUT2D eigenvalue weighted by atomic mass is 9.96. The third kappa shape index (κ3) is 4.51. The van der Waals surface area contributed by atoms with Crippen molar-refractivity contribution in [3.8, 4) is 0 Å². The molecule has 0 saturated heterocycles. The van der Waals surface area contributed by atoms with Gasteiger partial charge in [-0.25, -0.2) is 0 Å². The van der Waals surface area contributed by atoms with Crippen LogP contribution in [0.1, 0.15) is 54.7 Å². The van der Waals surface area contributed by atoms with E-state index in [1.54, 1.807) is 31.2 Å². The van der Waals surface area contributed by atoms with Crippen molar-refractivity contribution in [1.29, 1.82) is 0 Å². The summed E-state index contributed by atoms with van der Waals surface area (Å²) in [6.07, 6.45) is 3.84. The Morgan fingerprint density at radius 1 is 1.26 bits per heavy atom. The standard InChI is InChI=1S/C19H25N5O3/c1-3-20-17(26)14-7-6-8-15(11-14)23-16(25)12-21-19(9-4-5-10-19)18-22-13(2)27-24-18/h6-8,11,21H,3-5,9-10,12H2,1-2H3,(H,20,26)(H,23,25). The van der Waals surface area contributed by atoms with Crippen LogP contribution in [0, 0.1) is 6.92 Å². The van der Waals surface area contributed by atoms with Gasteiger partial charge in [-0.2, -0.15) is 4.98 Å². The number of benzene rings is 1. The summed E-state index contributed by atoms with van der Waals surface area (Å²) in [4.78, 5) is 28.7. The lowest BCUT2D eigenvalue weighted by Crippen LogP contribution is -2.44. The molecule has 0 radical (unpaired) electrons. The molecule has 0 aliphatic heterocycles. The number of hydrogen-bond donors (Lipinski definition) is 3. The number of nitrogens with one attached hydrogen (secondary N) is 3. The molecule has 1 fully saturated rings. The van der Waals surface area contributed by atoms with E-state index in [1.807, 2.05) is 6.92 Å². The maximum atomic E-state index is 12.4. The SMILES string of the molecule is CCNC(=O)c1cccc(NC(=O)CNC2(c3noc(C)n3)CCCC2)c1. The van der Waals surface area contributed by atoms with E-state index >= 15 is 0 Å². The molecule has 3 rings (SSSR count). The van der Waals surface area contributed by atoms with Crippen LogP contribution in [0.5, 0.6) is 0 Å². The van der Waals surface area contributed by atoms with Crippen LogP contribution in [0.15, 0.2) is 28.8 Å². The summed E-state index contributed by atoms with van der Waals surface area (Å²) in [7, 11) is 0. The maximum absolute atomic E-state index is 12.4. The summed E-state index contributed by atoms with van der Waals surface area (Å²) in [5.41, 5.74) is 0.677. The van der Waals surface area contributed by atoms with Crippen LogP contribution < -0.4 is 16.0 Å². The van der Waals surface area contributed by atoms with Gasteiger partial charge in [0.25, 0.3) is 5.91 Å². The molecule has 27 heavy (non-hydrogen) atoms. The molecular formula is C19H25N5O3. The van der Waals surface area contributed by atoms with Gasteiger partial charge in [0.05, 0.1) is 12.1 Å². The molecule has 1 aromatic heterocycles. The van der Waals surface area contributed by atoms with Crippen molar-refractivity contribution < 1.29 is 14.1 Å². The highest BCUT2D eigenvalue weighted by Crippen LogP contribution is 2.37. The van der Waals surface area contributed by atoms with E-state index in [1.165, 1.54) is 0 Å². The number of rotatable bonds is 7. The van der Waals surface area contributed by atoms with E-state index in [9.17, 15) is 9.59 Å². The number of amides is 2. The van der Waals surface area contributed by atoms with Crippen molar-refractivity contribution in [3.05, 3.63) is 41.5 Å². The van der Waals surface area contributed by atoms with E-state index < -0.39 is 5.54 Å². The molecule has 1 saturated carbocycles. The van der Waals surface area contributed by atoms with Crippen molar-refractivity contribution in [1.82, 2.24) is 20.8 Å². The number of aryl methyl sites for hydroxylation is 1. The predicted molar refractivity (Wildman–Crippen MR) is 100 cm³/mol. The van der Waals surface area contributed by atoms with Gasteiger partial charge in [0.2, 0.25) is 11.8 Å². The topological polar surface area (TPSA) is 109 Å². The second kappa shape index (κ2) is 8.30. The van der Waals surface area contributed by atoms with E-state index in [0.717, 1.165) is 25.7 Å². The monoisotopic (exact) mass is 371 g/mol. The molecule has 2 aromatic rings. The Morgan fingerprint density at radius 2 is 2.04 bits per heavy atom. The van der Waals surface area contributed by atoms with Gasteiger partial charge in [0.15, 0.2) is 5.82 Å². The minimum absolute atomic E-state index is 0.124. The zero-order chi connectivity index (χ0) is 19.3. The quantitative estimate of drug-likeness (QED) is 0.688. The summed E-state index contributed by atoms with van der Waals surface area (Å²) in [6.45, 7) is 4.29. The smallest absolute Gasteiger partial charge is 0.251 e. The lowest BCUT2D eigenvalue weighted by Gasteiger charge is -2.26. The average Bonchev–Trinajstić information content (AvgIpc) is 3.30. The lowest BCUT2D eigenvalue weighted by molar-refractivity contribution is -0.115. The molecule has 8 heteroatoms. The number of carbonyl (C=O) groups excluding carboxylic acids is 2. The fraction of sp³-hybridized carbons (Fsp3) is 0.474. The third-order valence-corrected chi connectivity index (χ3v) is 4.75. The van der Waals surface area contributed by atoms with Crippen LogP contribution >= 0.6 is 0 Å². The zero-order valence-corrected chi connectivity index (χ0v) is 15.7. The summed E-state index contributed by atoms with van der Waals surface area (Å²) >= 11 is 0. The molecular weight excluding hydrogens is 346 g/mol. The van der Waals surface area contributed by atoms with E-state index in [2.05, 4.69) is 26.1 Å². The van der Waals surface area contributed by atoms with E-state index in [4.69, 9.17) is 4.52 Å². The second-order valence-electron chi connectivity index (χ2n) is 6.77. The van der Waals surface area contributed by atoms with Crippen molar-refractivity contribution in [3.63, 3.8) is 0 Å². The molecule has 1 aliphatic rings. The number of hydrogen-bond acceptors (Lipinski definition) is 6. The van der Waals surface area contributed by atoms with Crippen LogP contribution in [0.25, 0.3) is 0 Å². The molecule has 8 nitrogen and oxygen atoms in total. The Bertz CT molecular complexity index is 811. The Balaban J connectivity index is 1.62. The van der Waals surface area contributed by atoms with E-state index in [0.29, 0.717) is 29.5 Å². The van der Waals surface area contributed by atoms with Crippen LogP contribution in [0.2, 0.25) is 0 Å². The first-order chi connectivity index (χ1) is 13.0. The zero-order valence-electron chi connectivity index (χ0n) is 15.7. The predicted octanol–water partition coefficient (Wildman–Crippen LogP) is 2.13. The Hall–Kier alpha value is -2.74. The number of anilines is 1. The summed E-state index contributed by atoms with van der Waals surface area (Å²) in [5.74, 6) is 0.784. The fourth-order valence-electron chi connectivity index (χ4n) is 3.41. The van der Waals surface area contributed by atoms with Gasteiger partial charge in [-0.3, -0.25) is 14.9 Å². The van der Waals surface area contributed by atoms with Gasteiger partial charge in [0, 0.05) is 24.7 Å². The number of nitrogens with zero attached hydrogens (tertiary/aromatic N) is 2. The summed E-state index contributed by atoms with van der Waals surface area (Å²) < 4.78 is 5.12. The highest BCUT2D eigenvalue weighted by Gasteiger charge is 2.39. The average molecular weight is 371 g/mol. The molecule has 0 atom stereocenters. The van der Waals surface area contributed by atoms with Crippen LogP contribution in [0.3, 0.4) is 0 Å². The van der Waals surface area contributed by atoms with Gasteiger partial charge in [-0.05, 0) is 38.0 Å². The third-order valence-electron chi connectivity index (χ3n) is 4.75. The Kier molecular flexibility index (Phi) is 5.85. The molecule has 2 amide bonds. The highest BCUT2D eigenvalue weighted by atomic mass is 16.5. The van der Waals surface area contributed by atoms with Gasteiger partial charge in [-0.1, -0.05) is 24.1 Å². The molecule has 3 N–H and O–H groups in total. The van der Waals surface area contributed by atoms with Crippen LogP contribution in [0.4, 0.5) is 5.69 Å². The maximum Gasteiger partial charge on any atom is 0.251 e. The molecule has 1 heterocycles. The normalized spacial score (nSPS) is 15.5. The summed E-state index contributed by atoms with van der Waals surface area (Å²) in [6, 6.07) is 6.88. The first-order valence-corrected chi connectivity index (χ1v) is 9.26.